The molecule has 1 aromatic rings. The summed E-state index contributed by atoms with van der Waals surface area (Å²) >= 11 is 1.76. The molecule has 1 spiro atoms. The minimum Gasteiger partial charge on any atom is -0.330 e. The minimum absolute atomic E-state index is 0.0992. The van der Waals surface area contributed by atoms with Crippen LogP contribution in [0.4, 0.5) is 0 Å². The third-order valence-electron chi connectivity index (χ3n) is 5.53. The topological polar surface area (TPSA) is 32.3 Å². The Bertz CT molecular complexity index is 515. The summed E-state index contributed by atoms with van der Waals surface area (Å²) in [6, 6.07) is 2.19. The molecule has 0 radical (unpaired) electrons. The van der Waals surface area contributed by atoms with Crippen molar-refractivity contribution in [3.63, 3.8) is 0 Å². The molecule has 21 heavy (non-hydrogen) atoms. The standard InChI is InChI=1S/C17H24N2OS/c20-16(15-11-13-5-4-6-14(13)21-15)19-10-9-18-12-17(19)7-2-1-3-8-17/h11,18H,1-10,12H2. The number of hydrogen-bond donors (Lipinski definition) is 1. The molecule has 1 saturated heterocycles. The van der Waals surface area contributed by atoms with E-state index >= 15 is 0 Å². The number of carbonyl (C=O) groups excluding carboxylic acids is 1. The first-order valence-electron chi connectivity index (χ1n) is 8.43. The highest BCUT2D eigenvalue weighted by molar-refractivity contribution is 7.14. The first-order chi connectivity index (χ1) is 10.3. The van der Waals surface area contributed by atoms with Gasteiger partial charge in [0, 0.05) is 24.5 Å². The van der Waals surface area contributed by atoms with Crippen molar-refractivity contribution >= 4 is 17.2 Å². The second kappa shape index (κ2) is 5.40. The number of aryl methyl sites for hydroxylation is 2. The normalized spacial score (nSPS) is 24.3. The lowest BCUT2D eigenvalue weighted by Gasteiger charge is -2.49. The largest absolute Gasteiger partial charge is 0.330 e. The lowest BCUT2D eigenvalue weighted by atomic mass is 9.79. The predicted octanol–water partition coefficient (Wildman–Crippen LogP) is 2.99. The van der Waals surface area contributed by atoms with Crippen LogP contribution < -0.4 is 5.32 Å². The quantitative estimate of drug-likeness (QED) is 0.865. The van der Waals surface area contributed by atoms with Gasteiger partial charge in [-0.05, 0) is 43.7 Å². The highest BCUT2D eigenvalue weighted by atomic mass is 32.1. The second-order valence-electron chi connectivity index (χ2n) is 6.83. The maximum atomic E-state index is 13.1. The summed E-state index contributed by atoms with van der Waals surface area (Å²) < 4.78 is 0. The van der Waals surface area contributed by atoms with Gasteiger partial charge in [0.1, 0.15) is 0 Å². The van der Waals surface area contributed by atoms with Gasteiger partial charge in [-0.15, -0.1) is 11.3 Å². The lowest BCUT2D eigenvalue weighted by Crippen LogP contribution is -2.63. The van der Waals surface area contributed by atoms with Gasteiger partial charge in [-0.25, -0.2) is 0 Å². The molecule has 0 atom stereocenters. The molecular weight excluding hydrogens is 280 g/mol. The fourth-order valence-corrected chi connectivity index (χ4v) is 5.59. The zero-order chi connectivity index (χ0) is 14.3. The summed E-state index contributed by atoms with van der Waals surface area (Å²) in [5, 5.41) is 3.53. The fraction of sp³-hybridized carbons (Fsp3) is 0.706. The van der Waals surface area contributed by atoms with E-state index < -0.39 is 0 Å². The molecule has 1 saturated carbocycles. The Balaban J connectivity index is 1.61. The van der Waals surface area contributed by atoms with Gasteiger partial charge in [0.05, 0.1) is 10.4 Å². The first kappa shape index (κ1) is 13.8. The minimum atomic E-state index is 0.0992. The molecule has 2 fully saturated rings. The Morgan fingerprint density at radius 1 is 1.19 bits per heavy atom. The molecule has 0 unspecified atom stereocenters. The average molecular weight is 304 g/mol. The summed E-state index contributed by atoms with van der Waals surface area (Å²) in [5.41, 5.74) is 1.54. The molecular formula is C17H24N2OS. The third kappa shape index (κ3) is 2.33. The van der Waals surface area contributed by atoms with E-state index in [-0.39, 0.29) is 5.54 Å². The van der Waals surface area contributed by atoms with Crippen LogP contribution in [0.25, 0.3) is 0 Å². The maximum Gasteiger partial charge on any atom is 0.264 e. The number of nitrogens with one attached hydrogen (secondary N) is 1. The molecule has 2 aliphatic carbocycles. The van der Waals surface area contributed by atoms with Gasteiger partial charge < -0.3 is 10.2 Å². The summed E-state index contributed by atoms with van der Waals surface area (Å²) in [6.07, 6.45) is 9.85. The molecule has 2 heterocycles. The van der Waals surface area contributed by atoms with E-state index in [9.17, 15) is 4.79 Å². The van der Waals surface area contributed by atoms with Crippen molar-refractivity contribution in [2.75, 3.05) is 19.6 Å². The third-order valence-corrected chi connectivity index (χ3v) is 6.75. The molecule has 1 N–H and O–H groups in total. The van der Waals surface area contributed by atoms with E-state index in [1.165, 1.54) is 61.8 Å². The number of fused-ring (bicyclic) bond motifs is 1. The van der Waals surface area contributed by atoms with Crippen LogP contribution in [0.2, 0.25) is 0 Å². The molecule has 4 heteroatoms. The van der Waals surface area contributed by atoms with Crippen molar-refractivity contribution in [3.05, 3.63) is 21.4 Å². The summed E-state index contributed by atoms with van der Waals surface area (Å²) in [6.45, 7) is 2.81. The Labute approximate surface area is 130 Å². The van der Waals surface area contributed by atoms with Crippen LogP contribution >= 0.6 is 11.3 Å². The molecule has 4 rings (SSSR count). The predicted molar refractivity (Wildman–Crippen MR) is 86.1 cm³/mol. The Hall–Kier alpha value is -0.870. The van der Waals surface area contributed by atoms with Crippen molar-refractivity contribution in [2.45, 2.75) is 56.9 Å². The number of nitrogens with zero attached hydrogens (tertiary/aromatic N) is 1. The van der Waals surface area contributed by atoms with Crippen LogP contribution in [0.3, 0.4) is 0 Å². The van der Waals surface area contributed by atoms with Crippen LogP contribution in [0, 0.1) is 0 Å². The second-order valence-corrected chi connectivity index (χ2v) is 7.97. The fourth-order valence-electron chi connectivity index (χ4n) is 4.39. The zero-order valence-electron chi connectivity index (χ0n) is 12.6. The van der Waals surface area contributed by atoms with E-state index in [1.54, 1.807) is 11.3 Å². The van der Waals surface area contributed by atoms with Gasteiger partial charge in [-0.1, -0.05) is 19.3 Å². The van der Waals surface area contributed by atoms with Crippen LogP contribution in [0.15, 0.2) is 6.07 Å². The van der Waals surface area contributed by atoms with Crippen molar-refractivity contribution in [1.29, 1.82) is 0 Å². The molecule has 3 nitrogen and oxygen atoms in total. The van der Waals surface area contributed by atoms with E-state index in [0.29, 0.717) is 5.91 Å². The number of carbonyl (C=O) groups is 1. The van der Waals surface area contributed by atoms with Gasteiger partial charge in [0.2, 0.25) is 0 Å². The Kier molecular flexibility index (Phi) is 3.54. The molecule has 0 aromatic carbocycles. The molecule has 1 aromatic heterocycles. The zero-order valence-corrected chi connectivity index (χ0v) is 13.4. The summed E-state index contributed by atoms with van der Waals surface area (Å²) in [7, 11) is 0. The highest BCUT2D eigenvalue weighted by Crippen LogP contribution is 2.37. The lowest BCUT2D eigenvalue weighted by molar-refractivity contribution is 0.0227. The van der Waals surface area contributed by atoms with E-state index in [4.69, 9.17) is 0 Å². The summed E-state index contributed by atoms with van der Waals surface area (Å²) in [5.74, 6) is 0.304. The molecule has 3 aliphatic rings. The molecule has 1 aliphatic heterocycles. The molecule has 114 valence electrons. The van der Waals surface area contributed by atoms with E-state index in [0.717, 1.165) is 24.5 Å². The van der Waals surface area contributed by atoms with Gasteiger partial charge >= 0.3 is 0 Å². The monoisotopic (exact) mass is 304 g/mol. The number of rotatable bonds is 1. The van der Waals surface area contributed by atoms with Crippen molar-refractivity contribution in [1.82, 2.24) is 10.2 Å². The van der Waals surface area contributed by atoms with Gasteiger partial charge in [-0.2, -0.15) is 0 Å². The smallest absolute Gasteiger partial charge is 0.264 e. The number of piperazine rings is 1. The molecule has 0 bridgehead atoms. The van der Waals surface area contributed by atoms with Crippen LogP contribution in [-0.4, -0.2) is 36.0 Å². The SMILES string of the molecule is O=C(c1cc2c(s1)CCC2)N1CCNCC12CCCCC2. The van der Waals surface area contributed by atoms with E-state index in [1.807, 2.05) is 0 Å². The average Bonchev–Trinajstić information content (AvgIpc) is 3.09. The molecule has 1 amide bonds. The first-order valence-corrected chi connectivity index (χ1v) is 9.24. The van der Waals surface area contributed by atoms with Crippen molar-refractivity contribution < 1.29 is 4.79 Å². The Morgan fingerprint density at radius 3 is 2.86 bits per heavy atom. The summed E-state index contributed by atoms with van der Waals surface area (Å²) in [4.78, 5) is 17.8. The van der Waals surface area contributed by atoms with Gasteiger partial charge in [-0.3, -0.25) is 4.79 Å². The number of thiophene rings is 1. The highest BCUT2D eigenvalue weighted by Gasteiger charge is 2.42. The number of amides is 1. The Morgan fingerprint density at radius 2 is 2.05 bits per heavy atom. The van der Waals surface area contributed by atoms with Gasteiger partial charge in [0.15, 0.2) is 0 Å². The van der Waals surface area contributed by atoms with Crippen LogP contribution in [-0.2, 0) is 12.8 Å². The van der Waals surface area contributed by atoms with Crippen molar-refractivity contribution in [3.8, 4) is 0 Å². The van der Waals surface area contributed by atoms with Crippen molar-refractivity contribution in [2.24, 2.45) is 0 Å². The van der Waals surface area contributed by atoms with Crippen LogP contribution in [0.1, 0.15) is 58.6 Å². The maximum absolute atomic E-state index is 13.1. The van der Waals surface area contributed by atoms with Crippen LogP contribution in [0.5, 0.6) is 0 Å². The number of hydrogen-bond acceptors (Lipinski definition) is 3. The van der Waals surface area contributed by atoms with E-state index in [2.05, 4.69) is 16.3 Å². The van der Waals surface area contributed by atoms with Gasteiger partial charge in [0.25, 0.3) is 5.91 Å².